The van der Waals surface area contributed by atoms with Crippen molar-refractivity contribution in [2.24, 2.45) is 11.5 Å². The number of hydrogen-bond acceptors (Lipinski definition) is 6. The molecule has 0 atom stereocenters. The van der Waals surface area contributed by atoms with Gasteiger partial charge in [0.1, 0.15) is 24.3 Å². The van der Waals surface area contributed by atoms with E-state index in [4.69, 9.17) is 11.5 Å². The Bertz CT molecular complexity index is 928. The minimum Gasteiger partial charge on any atom is -0.405 e. The van der Waals surface area contributed by atoms with Gasteiger partial charge in [0.2, 0.25) is 0 Å². The monoisotopic (exact) mass is 364 g/mol. The highest BCUT2D eigenvalue weighted by Crippen LogP contribution is 2.29. The topological polar surface area (TPSA) is 147 Å². The average Bonchev–Trinajstić information content (AvgIpc) is 2.72. The molecular formula is C22H16N6. The lowest BCUT2D eigenvalue weighted by Crippen LogP contribution is -2.02. The van der Waals surface area contributed by atoms with Gasteiger partial charge in [-0.05, 0) is 24.6 Å². The third-order valence-electron chi connectivity index (χ3n) is 3.44. The molecule has 0 saturated heterocycles. The van der Waals surface area contributed by atoms with Gasteiger partial charge in [0.15, 0.2) is 0 Å². The zero-order chi connectivity index (χ0) is 20.8. The number of allylic oxidation sites excluding steroid dienone is 8. The van der Waals surface area contributed by atoms with Crippen molar-refractivity contribution in [1.82, 2.24) is 0 Å². The molecule has 6 heteroatoms. The van der Waals surface area contributed by atoms with E-state index in [1.165, 1.54) is 24.6 Å². The highest BCUT2D eigenvalue weighted by atomic mass is 14.5. The van der Waals surface area contributed by atoms with Gasteiger partial charge >= 0.3 is 0 Å². The van der Waals surface area contributed by atoms with Gasteiger partial charge in [-0.1, -0.05) is 48.6 Å². The average molecular weight is 364 g/mol. The second-order valence-electron chi connectivity index (χ2n) is 5.03. The zero-order valence-electron chi connectivity index (χ0n) is 14.9. The summed E-state index contributed by atoms with van der Waals surface area (Å²) in [6.07, 6.45) is 18.7. The minimum absolute atomic E-state index is 0.0301. The number of nitriles is 4. The second-order valence-corrected chi connectivity index (χ2v) is 5.03. The Morgan fingerprint density at radius 2 is 0.750 bits per heavy atom. The molecular weight excluding hydrogens is 348 g/mol. The third kappa shape index (κ3) is 5.11. The maximum atomic E-state index is 9.59. The Balaban J connectivity index is 3.75. The zero-order valence-corrected chi connectivity index (χ0v) is 14.9. The van der Waals surface area contributed by atoms with E-state index in [1.807, 2.05) is 24.3 Å². The highest BCUT2D eigenvalue weighted by Gasteiger charge is 2.21. The van der Waals surface area contributed by atoms with Crippen molar-refractivity contribution in [3.8, 4) is 24.3 Å². The highest BCUT2D eigenvalue weighted by molar-refractivity contribution is 5.80. The van der Waals surface area contributed by atoms with Crippen LogP contribution in [0.25, 0.3) is 12.2 Å². The number of nitrogens with two attached hydrogens (primary N) is 2. The van der Waals surface area contributed by atoms with Crippen molar-refractivity contribution in [3.63, 3.8) is 0 Å². The molecule has 0 aliphatic heterocycles. The predicted octanol–water partition coefficient (Wildman–Crippen LogP) is 3.26. The molecule has 0 saturated carbocycles. The summed E-state index contributed by atoms with van der Waals surface area (Å²) >= 11 is 0. The van der Waals surface area contributed by atoms with E-state index < -0.39 is 0 Å². The van der Waals surface area contributed by atoms with Crippen LogP contribution in [0.5, 0.6) is 0 Å². The number of nitrogens with zero attached hydrogens (tertiary/aromatic N) is 4. The lowest BCUT2D eigenvalue weighted by Gasteiger charge is -2.10. The molecule has 0 aliphatic carbocycles. The van der Waals surface area contributed by atoms with E-state index in [2.05, 4.69) is 0 Å². The molecule has 4 N–H and O–H groups in total. The lowest BCUT2D eigenvalue weighted by molar-refractivity contribution is 1.35. The molecule has 0 aromatic heterocycles. The number of rotatable bonds is 6. The van der Waals surface area contributed by atoms with Crippen LogP contribution in [0.2, 0.25) is 0 Å². The fraction of sp³-hybridized carbons (Fsp3) is 0. The van der Waals surface area contributed by atoms with Crippen molar-refractivity contribution >= 4 is 12.2 Å². The SMILES string of the molecule is N#Cc1c(C#N)c(/C=C/C=C/C=C/N)c(C#N)c(C#N)c1/C=C/C=C/C=C/N. The first kappa shape index (κ1) is 21.3. The first-order valence-corrected chi connectivity index (χ1v) is 7.97. The molecule has 1 rings (SSSR count). The maximum Gasteiger partial charge on any atom is 0.101 e. The van der Waals surface area contributed by atoms with Crippen molar-refractivity contribution in [3.05, 3.63) is 94.4 Å². The lowest BCUT2D eigenvalue weighted by atomic mass is 9.87. The summed E-state index contributed by atoms with van der Waals surface area (Å²) in [4.78, 5) is 0. The quantitative estimate of drug-likeness (QED) is 0.740. The van der Waals surface area contributed by atoms with E-state index in [9.17, 15) is 21.0 Å². The van der Waals surface area contributed by atoms with Crippen molar-refractivity contribution in [1.29, 1.82) is 21.0 Å². The van der Waals surface area contributed by atoms with E-state index in [-0.39, 0.29) is 33.4 Å². The van der Waals surface area contributed by atoms with Gasteiger partial charge in [0, 0.05) is 11.1 Å². The number of benzene rings is 1. The smallest absolute Gasteiger partial charge is 0.101 e. The van der Waals surface area contributed by atoms with Gasteiger partial charge < -0.3 is 11.5 Å². The first-order chi connectivity index (χ1) is 13.7. The molecule has 1 aromatic rings. The van der Waals surface area contributed by atoms with Gasteiger partial charge in [-0.3, -0.25) is 0 Å². The van der Waals surface area contributed by atoms with Crippen LogP contribution in [0.3, 0.4) is 0 Å². The van der Waals surface area contributed by atoms with Crippen LogP contribution >= 0.6 is 0 Å². The van der Waals surface area contributed by atoms with Crippen molar-refractivity contribution in [2.45, 2.75) is 0 Å². The molecule has 0 heterocycles. The first-order valence-electron chi connectivity index (χ1n) is 7.97. The summed E-state index contributed by atoms with van der Waals surface area (Å²) in [5.41, 5.74) is 11.0. The summed E-state index contributed by atoms with van der Waals surface area (Å²) in [6, 6.07) is 7.89. The fourth-order valence-electron chi connectivity index (χ4n) is 2.27. The van der Waals surface area contributed by atoms with Crippen LogP contribution < -0.4 is 11.5 Å². The van der Waals surface area contributed by atoms with Crippen LogP contribution in [0.15, 0.2) is 61.0 Å². The molecule has 0 spiro atoms. The molecule has 0 unspecified atom stereocenters. The molecule has 0 radical (unpaired) electrons. The molecule has 0 fully saturated rings. The molecule has 0 aliphatic rings. The Labute approximate surface area is 163 Å². The van der Waals surface area contributed by atoms with E-state index in [0.717, 1.165) is 0 Å². The van der Waals surface area contributed by atoms with Crippen molar-refractivity contribution < 1.29 is 0 Å². The van der Waals surface area contributed by atoms with Gasteiger partial charge in [0.25, 0.3) is 0 Å². The number of hydrogen-bond donors (Lipinski definition) is 2. The summed E-state index contributed by atoms with van der Waals surface area (Å²) in [7, 11) is 0. The molecule has 6 nitrogen and oxygen atoms in total. The predicted molar refractivity (Wildman–Crippen MR) is 108 cm³/mol. The van der Waals surface area contributed by atoms with Crippen LogP contribution in [-0.4, -0.2) is 0 Å². The van der Waals surface area contributed by atoms with E-state index in [1.54, 1.807) is 48.6 Å². The Morgan fingerprint density at radius 1 is 0.464 bits per heavy atom. The maximum absolute atomic E-state index is 9.59. The van der Waals surface area contributed by atoms with E-state index in [0.29, 0.717) is 0 Å². The minimum atomic E-state index is 0.0301. The van der Waals surface area contributed by atoms with Gasteiger partial charge in [-0.15, -0.1) is 0 Å². The van der Waals surface area contributed by atoms with Crippen LogP contribution in [-0.2, 0) is 0 Å². The van der Waals surface area contributed by atoms with Crippen LogP contribution in [0, 0.1) is 45.3 Å². The molecule has 0 amide bonds. The van der Waals surface area contributed by atoms with Crippen LogP contribution in [0.4, 0.5) is 0 Å². The normalized spacial score (nSPS) is 11.6. The van der Waals surface area contributed by atoms with Crippen molar-refractivity contribution in [2.75, 3.05) is 0 Å². The second kappa shape index (κ2) is 11.7. The summed E-state index contributed by atoms with van der Waals surface area (Å²) in [5.74, 6) is 0. The summed E-state index contributed by atoms with van der Waals surface area (Å²) in [6.45, 7) is 0. The van der Waals surface area contributed by atoms with Crippen LogP contribution in [0.1, 0.15) is 33.4 Å². The largest absolute Gasteiger partial charge is 0.405 e. The molecule has 134 valence electrons. The Kier molecular flexibility index (Phi) is 8.90. The molecule has 0 bridgehead atoms. The summed E-state index contributed by atoms with van der Waals surface area (Å²) in [5, 5.41) is 38.3. The molecule has 1 aromatic carbocycles. The summed E-state index contributed by atoms with van der Waals surface area (Å²) < 4.78 is 0. The van der Waals surface area contributed by atoms with Gasteiger partial charge in [-0.2, -0.15) is 21.0 Å². The molecule has 28 heavy (non-hydrogen) atoms. The third-order valence-corrected chi connectivity index (χ3v) is 3.44. The standard InChI is InChI=1S/C22H16N6/c23-11-7-3-1-5-9-17-19(13-25)21(15-27)18(10-6-2-4-8-12-24)22(16-28)20(17)14-26/h1-12H,23-24H2/b3-1+,4-2+,9-5+,10-6+,11-7+,12-8+. The Morgan fingerprint density at radius 3 is 1.00 bits per heavy atom. The van der Waals surface area contributed by atoms with Gasteiger partial charge in [0.05, 0.1) is 22.3 Å². The fourth-order valence-corrected chi connectivity index (χ4v) is 2.27. The Hall–Kier alpha value is -4.78. The van der Waals surface area contributed by atoms with E-state index >= 15 is 0 Å². The van der Waals surface area contributed by atoms with Gasteiger partial charge in [-0.25, -0.2) is 0 Å².